The first-order valence-electron chi connectivity index (χ1n) is 8.54. The molecule has 2 aromatic carbocycles. The number of carbonyl (C=O) groups is 1. The Morgan fingerprint density at radius 3 is 2.72 bits per heavy atom. The third-order valence-corrected chi connectivity index (χ3v) is 4.60. The number of nitrogens with zero attached hydrogens (tertiary/aromatic N) is 2. The molecule has 1 saturated heterocycles. The van der Waals surface area contributed by atoms with Crippen LogP contribution in [0.1, 0.15) is 27.7 Å². The van der Waals surface area contributed by atoms with Gasteiger partial charge in [-0.25, -0.2) is 0 Å². The number of benzene rings is 2. The van der Waals surface area contributed by atoms with Crippen LogP contribution in [-0.4, -0.2) is 35.5 Å². The van der Waals surface area contributed by atoms with Crippen LogP contribution in [0.4, 0.5) is 0 Å². The van der Waals surface area contributed by atoms with Crippen molar-refractivity contribution >= 4 is 16.8 Å². The van der Waals surface area contributed by atoms with Crippen LogP contribution in [-0.2, 0) is 4.74 Å². The van der Waals surface area contributed by atoms with Crippen molar-refractivity contribution in [1.82, 2.24) is 9.88 Å². The molecule has 0 radical (unpaired) electrons. The Morgan fingerprint density at radius 1 is 1.12 bits per heavy atom. The monoisotopic (exact) mass is 332 g/mol. The summed E-state index contributed by atoms with van der Waals surface area (Å²) in [6, 6.07) is 19.8. The van der Waals surface area contributed by atoms with Gasteiger partial charge in [-0.1, -0.05) is 48.5 Å². The second kappa shape index (κ2) is 6.65. The number of fused-ring (bicyclic) bond motifs is 1. The Balaban J connectivity index is 1.65. The minimum atomic E-state index is -0.0758. The lowest BCUT2D eigenvalue weighted by molar-refractivity contribution is -0.0227. The third kappa shape index (κ3) is 3.13. The molecule has 1 aromatic heterocycles. The van der Waals surface area contributed by atoms with Crippen molar-refractivity contribution in [2.24, 2.45) is 0 Å². The number of rotatable bonds is 2. The lowest BCUT2D eigenvalue weighted by atomic mass is 10.0. The van der Waals surface area contributed by atoms with Gasteiger partial charge in [0.15, 0.2) is 0 Å². The zero-order chi connectivity index (χ0) is 17.2. The smallest absolute Gasteiger partial charge is 0.254 e. The number of aryl methyl sites for hydroxylation is 1. The molecule has 0 saturated carbocycles. The number of hydrogen-bond acceptors (Lipinski definition) is 3. The molecule has 25 heavy (non-hydrogen) atoms. The number of ether oxygens (including phenoxy) is 1. The summed E-state index contributed by atoms with van der Waals surface area (Å²) in [5.41, 5.74) is 3.54. The lowest BCUT2D eigenvalue weighted by Gasteiger charge is -2.33. The van der Waals surface area contributed by atoms with Crippen LogP contribution in [0.25, 0.3) is 10.9 Å². The highest BCUT2D eigenvalue weighted by Crippen LogP contribution is 2.25. The highest BCUT2D eigenvalue weighted by molar-refractivity contribution is 6.06. The summed E-state index contributed by atoms with van der Waals surface area (Å²) in [5.74, 6) is 0.0472. The minimum Gasteiger partial charge on any atom is -0.370 e. The SMILES string of the molecule is Cc1cc(C(=O)N2CCOC(c3ccccc3)C2)c2ccccc2n1. The van der Waals surface area contributed by atoms with E-state index in [-0.39, 0.29) is 12.0 Å². The van der Waals surface area contributed by atoms with E-state index in [1.54, 1.807) is 0 Å². The van der Waals surface area contributed by atoms with E-state index >= 15 is 0 Å². The molecule has 0 aliphatic carbocycles. The predicted molar refractivity (Wildman–Crippen MR) is 97.5 cm³/mol. The maximum atomic E-state index is 13.2. The zero-order valence-electron chi connectivity index (χ0n) is 14.2. The highest BCUT2D eigenvalue weighted by atomic mass is 16.5. The van der Waals surface area contributed by atoms with Crippen molar-refractivity contribution in [2.75, 3.05) is 19.7 Å². The molecule has 1 aliphatic rings. The van der Waals surface area contributed by atoms with Crippen molar-refractivity contribution in [3.05, 3.63) is 77.5 Å². The molecular weight excluding hydrogens is 312 g/mol. The summed E-state index contributed by atoms with van der Waals surface area (Å²) in [6.45, 7) is 3.65. The number of aromatic nitrogens is 1. The normalized spacial score (nSPS) is 17.6. The van der Waals surface area contributed by atoms with Gasteiger partial charge in [-0.2, -0.15) is 0 Å². The number of morpholine rings is 1. The van der Waals surface area contributed by atoms with Gasteiger partial charge >= 0.3 is 0 Å². The van der Waals surface area contributed by atoms with Crippen LogP contribution >= 0.6 is 0 Å². The lowest BCUT2D eigenvalue weighted by Crippen LogP contribution is -2.42. The molecule has 1 amide bonds. The van der Waals surface area contributed by atoms with E-state index in [0.29, 0.717) is 19.7 Å². The van der Waals surface area contributed by atoms with Gasteiger partial charge in [0.2, 0.25) is 0 Å². The summed E-state index contributed by atoms with van der Waals surface area (Å²) in [6.07, 6.45) is -0.0758. The largest absolute Gasteiger partial charge is 0.370 e. The van der Waals surface area contributed by atoms with E-state index in [1.807, 2.05) is 72.5 Å². The van der Waals surface area contributed by atoms with Crippen molar-refractivity contribution in [3.63, 3.8) is 0 Å². The molecule has 1 fully saturated rings. The first-order chi connectivity index (χ1) is 12.2. The van der Waals surface area contributed by atoms with Crippen LogP contribution in [0.5, 0.6) is 0 Å². The number of para-hydroxylation sites is 1. The molecule has 2 heterocycles. The standard InChI is InChI=1S/C21H20N2O2/c1-15-13-18(17-9-5-6-10-19(17)22-15)21(24)23-11-12-25-20(14-23)16-7-3-2-4-8-16/h2-10,13,20H,11-12,14H2,1H3. The topological polar surface area (TPSA) is 42.4 Å². The molecule has 4 rings (SSSR count). The summed E-state index contributed by atoms with van der Waals surface area (Å²) in [4.78, 5) is 19.6. The highest BCUT2D eigenvalue weighted by Gasteiger charge is 2.27. The molecule has 4 heteroatoms. The molecule has 0 N–H and O–H groups in total. The number of pyridine rings is 1. The average molecular weight is 332 g/mol. The van der Waals surface area contributed by atoms with Crippen molar-refractivity contribution in [3.8, 4) is 0 Å². The van der Waals surface area contributed by atoms with E-state index in [0.717, 1.165) is 27.7 Å². The molecule has 1 unspecified atom stereocenters. The Morgan fingerprint density at radius 2 is 1.88 bits per heavy atom. The van der Waals surface area contributed by atoms with Crippen LogP contribution < -0.4 is 0 Å². The van der Waals surface area contributed by atoms with Crippen LogP contribution in [0, 0.1) is 6.92 Å². The molecule has 0 spiro atoms. The zero-order valence-corrected chi connectivity index (χ0v) is 14.2. The van der Waals surface area contributed by atoms with E-state index in [4.69, 9.17) is 4.74 Å². The molecule has 1 aliphatic heterocycles. The molecule has 126 valence electrons. The van der Waals surface area contributed by atoms with Crippen molar-refractivity contribution in [2.45, 2.75) is 13.0 Å². The van der Waals surface area contributed by atoms with Gasteiger partial charge in [-0.15, -0.1) is 0 Å². The maximum absolute atomic E-state index is 13.2. The molecule has 0 bridgehead atoms. The van der Waals surface area contributed by atoms with Crippen LogP contribution in [0.2, 0.25) is 0 Å². The van der Waals surface area contributed by atoms with E-state index < -0.39 is 0 Å². The second-order valence-corrected chi connectivity index (χ2v) is 6.35. The van der Waals surface area contributed by atoms with Gasteiger partial charge in [0.25, 0.3) is 5.91 Å². The van der Waals surface area contributed by atoms with Gasteiger partial charge in [0.05, 0.1) is 24.2 Å². The van der Waals surface area contributed by atoms with Crippen molar-refractivity contribution < 1.29 is 9.53 Å². The van der Waals surface area contributed by atoms with Gasteiger partial charge in [-0.05, 0) is 24.6 Å². The van der Waals surface area contributed by atoms with E-state index in [1.165, 1.54) is 0 Å². The van der Waals surface area contributed by atoms with Crippen LogP contribution in [0.3, 0.4) is 0 Å². The van der Waals surface area contributed by atoms with Gasteiger partial charge in [0.1, 0.15) is 6.10 Å². The van der Waals surface area contributed by atoms with Gasteiger partial charge in [0, 0.05) is 17.6 Å². The fourth-order valence-corrected chi connectivity index (χ4v) is 3.36. The van der Waals surface area contributed by atoms with Gasteiger partial charge < -0.3 is 9.64 Å². The van der Waals surface area contributed by atoms with Gasteiger partial charge in [-0.3, -0.25) is 9.78 Å². The number of hydrogen-bond donors (Lipinski definition) is 0. The maximum Gasteiger partial charge on any atom is 0.254 e. The molecule has 3 aromatic rings. The average Bonchev–Trinajstić information content (AvgIpc) is 2.67. The number of carbonyl (C=O) groups excluding carboxylic acids is 1. The van der Waals surface area contributed by atoms with Crippen LogP contribution in [0.15, 0.2) is 60.7 Å². The first-order valence-corrected chi connectivity index (χ1v) is 8.54. The summed E-state index contributed by atoms with van der Waals surface area (Å²) >= 11 is 0. The minimum absolute atomic E-state index is 0.0472. The van der Waals surface area contributed by atoms with E-state index in [9.17, 15) is 4.79 Å². The molecule has 1 atom stereocenters. The van der Waals surface area contributed by atoms with E-state index in [2.05, 4.69) is 4.98 Å². The number of amides is 1. The summed E-state index contributed by atoms with van der Waals surface area (Å²) < 4.78 is 5.89. The fraction of sp³-hybridized carbons (Fsp3) is 0.238. The summed E-state index contributed by atoms with van der Waals surface area (Å²) in [7, 11) is 0. The first kappa shape index (κ1) is 15.8. The quantitative estimate of drug-likeness (QED) is 0.718. The third-order valence-electron chi connectivity index (χ3n) is 4.60. The van der Waals surface area contributed by atoms with Crippen molar-refractivity contribution in [1.29, 1.82) is 0 Å². The second-order valence-electron chi connectivity index (χ2n) is 6.35. The Labute approximate surface area is 147 Å². The Bertz CT molecular complexity index is 908. The molecule has 4 nitrogen and oxygen atoms in total. The Hall–Kier alpha value is -2.72. The Kier molecular flexibility index (Phi) is 4.20. The summed E-state index contributed by atoms with van der Waals surface area (Å²) in [5, 5.41) is 0.904. The fourth-order valence-electron chi connectivity index (χ4n) is 3.36. The predicted octanol–water partition coefficient (Wildman–Crippen LogP) is 3.76. The molecular formula is C21H20N2O2.